The van der Waals surface area contributed by atoms with E-state index in [4.69, 9.17) is 11.5 Å². The van der Waals surface area contributed by atoms with Gasteiger partial charge in [0, 0.05) is 12.6 Å². The average molecular weight is 193 g/mol. The number of hydrogen-bond acceptors (Lipinski definition) is 2. The van der Waals surface area contributed by atoms with Gasteiger partial charge < -0.3 is 5.11 Å². The van der Waals surface area contributed by atoms with Crippen LogP contribution in [0.4, 0.5) is 4.39 Å². The minimum atomic E-state index is -0.449. The van der Waals surface area contributed by atoms with Crippen molar-refractivity contribution in [3.05, 3.63) is 29.6 Å². The summed E-state index contributed by atoms with van der Waals surface area (Å²) >= 11 is 0. The Hall–Kier alpha value is -1.53. The summed E-state index contributed by atoms with van der Waals surface area (Å²) in [5.74, 6) is 1.97. The van der Waals surface area contributed by atoms with E-state index >= 15 is 0 Å². The SMILES string of the molecule is C#CC(C)NCc1cc(O)cc(F)c1. The summed E-state index contributed by atoms with van der Waals surface area (Å²) in [7, 11) is 0. The standard InChI is InChI=1S/C11H12FNO/c1-3-8(2)13-7-9-4-10(12)6-11(14)5-9/h1,4-6,8,13-14H,7H2,2H3. The molecule has 0 fully saturated rings. The molecule has 0 amide bonds. The van der Waals surface area contributed by atoms with E-state index in [1.165, 1.54) is 12.1 Å². The summed E-state index contributed by atoms with van der Waals surface area (Å²) in [5, 5.41) is 12.1. The minimum Gasteiger partial charge on any atom is -0.508 e. The molecular formula is C11H12FNO. The zero-order valence-electron chi connectivity index (χ0n) is 7.92. The molecule has 2 nitrogen and oxygen atoms in total. The summed E-state index contributed by atoms with van der Waals surface area (Å²) in [5.41, 5.74) is 0.671. The molecule has 0 aliphatic carbocycles. The summed E-state index contributed by atoms with van der Waals surface area (Å²) in [6.45, 7) is 2.27. The molecule has 0 saturated carbocycles. The van der Waals surface area contributed by atoms with Gasteiger partial charge in [0.2, 0.25) is 0 Å². The second-order valence-corrected chi connectivity index (χ2v) is 3.09. The summed E-state index contributed by atoms with van der Waals surface area (Å²) in [6.07, 6.45) is 5.16. The average Bonchev–Trinajstić information content (AvgIpc) is 2.12. The molecule has 1 atom stereocenters. The maximum Gasteiger partial charge on any atom is 0.127 e. The highest BCUT2D eigenvalue weighted by molar-refractivity contribution is 5.28. The zero-order valence-corrected chi connectivity index (χ0v) is 7.92. The highest BCUT2D eigenvalue weighted by Gasteiger charge is 2.01. The van der Waals surface area contributed by atoms with E-state index in [2.05, 4.69) is 11.2 Å². The fourth-order valence-corrected chi connectivity index (χ4v) is 1.07. The zero-order chi connectivity index (χ0) is 10.6. The minimum absolute atomic E-state index is 0.0691. The van der Waals surface area contributed by atoms with Crippen LogP contribution in [0.2, 0.25) is 0 Å². The van der Waals surface area contributed by atoms with Gasteiger partial charge in [-0.25, -0.2) is 4.39 Å². The smallest absolute Gasteiger partial charge is 0.127 e. The van der Waals surface area contributed by atoms with Crippen molar-refractivity contribution in [1.82, 2.24) is 5.32 Å². The summed E-state index contributed by atoms with van der Waals surface area (Å²) in [6, 6.07) is 3.85. The summed E-state index contributed by atoms with van der Waals surface area (Å²) < 4.78 is 12.8. The van der Waals surface area contributed by atoms with Crippen molar-refractivity contribution in [2.45, 2.75) is 19.5 Å². The first kappa shape index (κ1) is 10.6. The van der Waals surface area contributed by atoms with Crippen molar-refractivity contribution >= 4 is 0 Å². The lowest BCUT2D eigenvalue weighted by atomic mass is 10.2. The van der Waals surface area contributed by atoms with E-state index in [0.29, 0.717) is 12.1 Å². The molecule has 0 heterocycles. The number of nitrogens with one attached hydrogen (secondary N) is 1. The van der Waals surface area contributed by atoms with Gasteiger partial charge in [-0.2, -0.15) is 0 Å². The number of phenols is 1. The molecule has 14 heavy (non-hydrogen) atoms. The fourth-order valence-electron chi connectivity index (χ4n) is 1.07. The Morgan fingerprint density at radius 2 is 2.29 bits per heavy atom. The van der Waals surface area contributed by atoms with E-state index in [0.717, 1.165) is 6.07 Å². The van der Waals surface area contributed by atoms with E-state index in [9.17, 15) is 4.39 Å². The van der Waals surface area contributed by atoms with Crippen molar-refractivity contribution in [3.63, 3.8) is 0 Å². The first-order chi connectivity index (χ1) is 6.61. The molecule has 0 bridgehead atoms. The quantitative estimate of drug-likeness (QED) is 0.715. The third kappa shape index (κ3) is 3.08. The highest BCUT2D eigenvalue weighted by atomic mass is 19.1. The van der Waals surface area contributed by atoms with Gasteiger partial charge in [0.15, 0.2) is 0 Å². The fraction of sp³-hybridized carbons (Fsp3) is 0.273. The Morgan fingerprint density at radius 1 is 1.57 bits per heavy atom. The van der Waals surface area contributed by atoms with Crippen molar-refractivity contribution in [1.29, 1.82) is 0 Å². The van der Waals surface area contributed by atoms with Crippen LogP contribution in [0.25, 0.3) is 0 Å². The number of hydrogen-bond donors (Lipinski definition) is 2. The maximum atomic E-state index is 12.8. The molecule has 1 aromatic rings. The third-order valence-electron chi connectivity index (χ3n) is 1.80. The molecule has 1 unspecified atom stereocenters. The van der Waals surface area contributed by atoms with E-state index in [1.807, 2.05) is 6.92 Å². The molecule has 0 saturated heterocycles. The van der Waals surface area contributed by atoms with Crippen LogP contribution in [0.1, 0.15) is 12.5 Å². The van der Waals surface area contributed by atoms with Crippen molar-refractivity contribution in [2.24, 2.45) is 0 Å². The lowest BCUT2D eigenvalue weighted by molar-refractivity contribution is 0.467. The number of benzene rings is 1. The number of phenolic OH excluding ortho intramolecular Hbond substituents is 1. The molecular weight excluding hydrogens is 181 g/mol. The van der Waals surface area contributed by atoms with E-state index in [1.54, 1.807) is 0 Å². The van der Waals surface area contributed by atoms with Crippen molar-refractivity contribution in [2.75, 3.05) is 0 Å². The molecule has 1 aromatic carbocycles. The number of halogens is 1. The first-order valence-corrected chi connectivity index (χ1v) is 4.30. The lowest BCUT2D eigenvalue weighted by Crippen LogP contribution is -2.23. The van der Waals surface area contributed by atoms with Crippen LogP contribution in [-0.2, 0) is 6.54 Å². The molecule has 0 radical (unpaired) electrons. The maximum absolute atomic E-state index is 12.8. The molecule has 74 valence electrons. The van der Waals surface area contributed by atoms with E-state index in [-0.39, 0.29) is 11.8 Å². The third-order valence-corrected chi connectivity index (χ3v) is 1.80. The summed E-state index contributed by atoms with van der Waals surface area (Å²) in [4.78, 5) is 0. The molecule has 0 aliphatic heterocycles. The van der Waals surface area contributed by atoms with Gasteiger partial charge >= 0.3 is 0 Å². The van der Waals surface area contributed by atoms with Gasteiger partial charge in [-0.1, -0.05) is 5.92 Å². The van der Waals surface area contributed by atoms with Crippen LogP contribution in [-0.4, -0.2) is 11.1 Å². The van der Waals surface area contributed by atoms with Crippen molar-refractivity contribution < 1.29 is 9.50 Å². The highest BCUT2D eigenvalue weighted by Crippen LogP contribution is 2.14. The Kier molecular flexibility index (Phi) is 3.49. The second kappa shape index (κ2) is 4.64. The van der Waals surface area contributed by atoms with Gasteiger partial charge in [-0.3, -0.25) is 5.32 Å². The Labute approximate surface area is 82.8 Å². The predicted molar refractivity (Wildman–Crippen MR) is 53.2 cm³/mol. The number of rotatable bonds is 3. The Bertz CT molecular complexity index is 337. The first-order valence-electron chi connectivity index (χ1n) is 4.30. The molecule has 0 aliphatic rings. The second-order valence-electron chi connectivity index (χ2n) is 3.09. The molecule has 1 rings (SSSR count). The van der Waals surface area contributed by atoms with E-state index < -0.39 is 5.82 Å². The van der Waals surface area contributed by atoms with Gasteiger partial charge in [-0.15, -0.1) is 6.42 Å². The van der Waals surface area contributed by atoms with Gasteiger partial charge in [-0.05, 0) is 24.6 Å². The Balaban J connectivity index is 2.64. The molecule has 0 spiro atoms. The molecule has 0 aromatic heterocycles. The van der Waals surface area contributed by atoms with Crippen LogP contribution in [0.3, 0.4) is 0 Å². The van der Waals surface area contributed by atoms with Crippen LogP contribution < -0.4 is 5.32 Å². The van der Waals surface area contributed by atoms with Gasteiger partial charge in [0.05, 0.1) is 6.04 Å². The van der Waals surface area contributed by atoms with Crippen LogP contribution in [0.5, 0.6) is 5.75 Å². The topological polar surface area (TPSA) is 32.3 Å². The van der Waals surface area contributed by atoms with Crippen LogP contribution in [0.15, 0.2) is 18.2 Å². The molecule has 3 heteroatoms. The Morgan fingerprint density at radius 3 is 2.86 bits per heavy atom. The molecule has 2 N–H and O–H groups in total. The predicted octanol–water partition coefficient (Wildman–Crippen LogP) is 1.64. The van der Waals surface area contributed by atoms with Gasteiger partial charge in [0.25, 0.3) is 0 Å². The lowest BCUT2D eigenvalue weighted by Gasteiger charge is -2.07. The van der Waals surface area contributed by atoms with Crippen LogP contribution in [0, 0.1) is 18.2 Å². The largest absolute Gasteiger partial charge is 0.508 e. The normalized spacial score (nSPS) is 12.1. The number of terminal acetylenes is 1. The van der Waals surface area contributed by atoms with Gasteiger partial charge in [0.1, 0.15) is 11.6 Å². The monoisotopic (exact) mass is 193 g/mol. The number of aromatic hydroxyl groups is 1. The van der Waals surface area contributed by atoms with Crippen molar-refractivity contribution in [3.8, 4) is 18.1 Å². The van der Waals surface area contributed by atoms with Crippen LogP contribution >= 0.6 is 0 Å².